The van der Waals surface area contributed by atoms with Gasteiger partial charge in [0, 0.05) is 25.2 Å². The zero-order valence-electron chi connectivity index (χ0n) is 14.7. The summed E-state index contributed by atoms with van der Waals surface area (Å²) in [5.74, 6) is 0.614. The third-order valence-electron chi connectivity index (χ3n) is 5.38. The fourth-order valence-electron chi connectivity index (χ4n) is 3.82. The highest BCUT2D eigenvalue weighted by atomic mass is 32.2. The molecule has 1 aromatic rings. The number of hydrogen-bond acceptors (Lipinski definition) is 3. The van der Waals surface area contributed by atoms with Crippen molar-refractivity contribution in [3.63, 3.8) is 0 Å². The molecule has 0 radical (unpaired) electrons. The number of benzene rings is 1. The Balaban J connectivity index is 1.53. The van der Waals surface area contributed by atoms with Crippen LogP contribution in [0, 0.1) is 5.92 Å². The lowest BCUT2D eigenvalue weighted by atomic mass is 9.87. The average molecular weight is 365 g/mol. The molecule has 2 fully saturated rings. The van der Waals surface area contributed by atoms with Crippen molar-refractivity contribution in [1.29, 1.82) is 0 Å². The van der Waals surface area contributed by atoms with E-state index in [4.69, 9.17) is 0 Å². The molecule has 1 N–H and O–H groups in total. The minimum absolute atomic E-state index is 0.124. The Bertz CT molecular complexity index is 673. The Labute approximate surface area is 150 Å². The van der Waals surface area contributed by atoms with Crippen LogP contribution in [0.2, 0.25) is 0 Å². The minimum atomic E-state index is -3.41. The molecule has 1 heterocycles. The maximum atomic E-state index is 12.5. The zero-order chi connectivity index (χ0) is 17.7. The molecule has 0 atom stereocenters. The topological polar surface area (TPSA) is 66.5 Å². The summed E-state index contributed by atoms with van der Waals surface area (Å²) in [7, 11) is -3.41. The van der Waals surface area contributed by atoms with Gasteiger partial charge in [0.25, 0.3) is 5.91 Å². The fraction of sp³-hybridized carbons (Fsp3) is 0.632. The van der Waals surface area contributed by atoms with Gasteiger partial charge in [0.2, 0.25) is 10.0 Å². The number of carbonyl (C=O) groups is 1. The molecule has 0 aromatic heterocycles. The fourth-order valence-corrected chi connectivity index (χ4v) is 5.34. The van der Waals surface area contributed by atoms with Gasteiger partial charge in [-0.05, 0) is 49.4 Å². The van der Waals surface area contributed by atoms with E-state index in [1.54, 1.807) is 24.3 Å². The van der Waals surface area contributed by atoms with Gasteiger partial charge in [-0.25, -0.2) is 8.42 Å². The van der Waals surface area contributed by atoms with E-state index in [2.05, 4.69) is 5.32 Å². The molecule has 138 valence electrons. The van der Waals surface area contributed by atoms with E-state index in [1.807, 2.05) is 0 Å². The van der Waals surface area contributed by atoms with E-state index < -0.39 is 10.0 Å². The van der Waals surface area contributed by atoms with Crippen LogP contribution in [0.4, 0.5) is 0 Å². The molecule has 5 nitrogen and oxygen atoms in total. The summed E-state index contributed by atoms with van der Waals surface area (Å²) in [4.78, 5) is 12.5. The molecule has 1 saturated heterocycles. The van der Waals surface area contributed by atoms with Crippen LogP contribution in [0.15, 0.2) is 29.2 Å². The number of hydrogen-bond donors (Lipinski definition) is 1. The maximum Gasteiger partial charge on any atom is 0.251 e. The summed E-state index contributed by atoms with van der Waals surface area (Å²) in [5, 5.41) is 2.96. The summed E-state index contributed by atoms with van der Waals surface area (Å²) < 4.78 is 26.5. The third-order valence-corrected chi connectivity index (χ3v) is 7.30. The zero-order valence-corrected chi connectivity index (χ0v) is 15.6. The van der Waals surface area contributed by atoms with Gasteiger partial charge in [-0.2, -0.15) is 4.31 Å². The number of sulfonamides is 1. The Hall–Kier alpha value is -1.40. The van der Waals surface area contributed by atoms with Crippen LogP contribution in [0.5, 0.6) is 0 Å². The van der Waals surface area contributed by atoms with Crippen LogP contribution < -0.4 is 5.32 Å². The minimum Gasteiger partial charge on any atom is -0.352 e. The number of nitrogens with zero attached hydrogens (tertiary/aromatic N) is 1. The second-order valence-electron chi connectivity index (χ2n) is 7.18. The highest BCUT2D eigenvalue weighted by Gasteiger charge is 2.27. The Morgan fingerprint density at radius 2 is 1.64 bits per heavy atom. The van der Waals surface area contributed by atoms with Crippen LogP contribution in [0.3, 0.4) is 0 Å². The standard InChI is InChI=1S/C19H28N2O3S/c22-19(20-13-12-16-6-2-1-3-7-16)17-8-10-18(11-9-17)25(23,24)21-14-4-5-15-21/h8-11,16H,1-7,12-15H2,(H,20,22). The second kappa shape index (κ2) is 8.32. The van der Waals surface area contributed by atoms with Crippen molar-refractivity contribution in [2.75, 3.05) is 19.6 Å². The van der Waals surface area contributed by atoms with Crippen molar-refractivity contribution >= 4 is 15.9 Å². The molecule has 0 unspecified atom stereocenters. The monoisotopic (exact) mass is 364 g/mol. The van der Waals surface area contributed by atoms with Crippen LogP contribution >= 0.6 is 0 Å². The highest BCUT2D eigenvalue weighted by molar-refractivity contribution is 7.89. The Morgan fingerprint density at radius 3 is 2.28 bits per heavy atom. The predicted octanol–water partition coefficient (Wildman–Crippen LogP) is 3.17. The lowest BCUT2D eigenvalue weighted by Crippen LogP contribution is -2.28. The second-order valence-corrected chi connectivity index (χ2v) is 9.12. The number of amides is 1. The number of rotatable bonds is 6. The molecule has 25 heavy (non-hydrogen) atoms. The van der Waals surface area contributed by atoms with Crippen LogP contribution in [0.25, 0.3) is 0 Å². The van der Waals surface area contributed by atoms with E-state index in [9.17, 15) is 13.2 Å². The molecule has 1 amide bonds. The van der Waals surface area contributed by atoms with Crippen LogP contribution in [-0.4, -0.2) is 38.3 Å². The van der Waals surface area contributed by atoms with Crippen molar-refractivity contribution in [2.45, 2.75) is 56.3 Å². The first kappa shape index (κ1) is 18.4. The predicted molar refractivity (Wildman–Crippen MR) is 98.0 cm³/mol. The van der Waals surface area contributed by atoms with E-state index in [0.717, 1.165) is 25.2 Å². The van der Waals surface area contributed by atoms with Crippen LogP contribution in [-0.2, 0) is 10.0 Å². The number of carbonyl (C=O) groups excluding carboxylic acids is 1. The van der Waals surface area contributed by atoms with Gasteiger partial charge < -0.3 is 5.32 Å². The first-order valence-electron chi connectivity index (χ1n) is 9.46. The lowest BCUT2D eigenvalue weighted by molar-refractivity contribution is 0.0950. The summed E-state index contributed by atoms with van der Waals surface area (Å²) in [6.45, 7) is 1.87. The maximum absolute atomic E-state index is 12.5. The van der Waals surface area contributed by atoms with E-state index in [0.29, 0.717) is 25.2 Å². The van der Waals surface area contributed by atoms with Crippen molar-refractivity contribution in [3.8, 4) is 0 Å². The molecular formula is C19H28N2O3S. The van der Waals surface area contributed by atoms with Gasteiger partial charge in [-0.3, -0.25) is 4.79 Å². The Morgan fingerprint density at radius 1 is 1.00 bits per heavy atom. The van der Waals surface area contributed by atoms with E-state index in [-0.39, 0.29) is 10.8 Å². The molecule has 1 saturated carbocycles. The molecule has 1 aromatic carbocycles. The van der Waals surface area contributed by atoms with Gasteiger partial charge in [0.1, 0.15) is 0 Å². The lowest BCUT2D eigenvalue weighted by Gasteiger charge is -2.21. The average Bonchev–Trinajstić information content (AvgIpc) is 3.18. The summed E-state index contributed by atoms with van der Waals surface area (Å²) in [6, 6.07) is 6.31. The largest absolute Gasteiger partial charge is 0.352 e. The van der Waals surface area contributed by atoms with E-state index >= 15 is 0 Å². The molecule has 6 heteroatoms. The quantitative estimate of drug-likeness (QED) is 0.843. The molecule has 3 rings (SSSR count). The molecule has 1 aliphatic heterocycles. The SMILES string of the molecule is O=C(NCCC1CCCCC1)c1ccc(S(=O)(=O)N2CCCC2)cc1. The number of nitrogens with one attached hydrogen (secondary N) is 1. The first-order valence-corrected chi connectivity index (χ1v) is 10.9. The first-order chi connectivity index (χ1) is 12.1. The smallest absolute Gasteiger partial charge is 0.251 e. The normalized spacial score (nSPS) is 19.8. The van der Waals surface area contributed by atoms with E-state index in [1.165, 1.54) is 36.4 Å². The van der Waals surface area contributed by atoms with Crippen molar-refractivity contribution in [1.82, 2.24) is 9.62 Å². The summed E-state index contributed by atoms with van der Waals surface area (Å²) in [5.41, 5.74) is 0.518. The molecule has 2 aliphatic rings. The Kier molecular flexibility index (Phi) is 6.12. The molecule has 1 aliphatic carbocycles. The summed E-state index contributed by atoms with van der Waals surface area (Å²) in [6.07, 6.45) is 9.39. The third kappa shape index (κ3) is 4.61. The summed E-state index contributed by atoms with van der Waals surface area (Å²) >= 11 is 0. The van der Waals surface area contributed by atoms with Crippen LogP contribution in [0.1, 0.15) is 61.7 Å². The van der Waals surface area contributed by atoms with Gasteiger partial charge in [0.05, 0.1) is 4.90 Å². The van der Waals surface area contributed by atoms with Gasteiger partial charge in [0.15, 0.2) is 0 Å². The highest BCUT2D eigenvalue weighted by Crippen LogP contribution is 2.26. The molecule has 0 spiro atoms. The van der Waals surface area contributed by atoms with Crippen molar-refractivity contribution < 1.29 is 13.2 Å². The van der Waals surface area contributed by atoms with Gasteiger partial charge in [-0.15, -0.1) is 0 Å². The van der Waals surface area contributed by atoms with Gasteiger partial charge >= 0.3 is 0 Å². The molecular weight excluding hydrogens is 336 g/mol. The molecule has 0 bridgehead atoms. The van der Waals surface area contributed by atoms with Crippen molar-refractivity contribution in [3.05, 3.63) is 29.8 Å². The van der Waals surface area contributed by atoms with Crippen molar-refractivity contribution in [2.24, 2.45) is 5.92 Å². The van der Waals surface area contributed by atoms with Gasteiger partial charge in [-0.1, -0.05) is 32.1 Å².